The lowest BCUT2D eigenvalue weighted by molar-refractivity contribution is -0.0516. The summed E-state index contributed by atoms with van der Waals surface area (Å²) in [6, 6.07) is 4.70. The highest BCUT2D eigenvalue weighted by Crippen LogP contribution is 2.35. The molecule has 0 spiro atoms. The van der Waals surface area contributed by atoms with E-state index in [-0.39, 0.29) is 29.0 Å². The Morgan fingerprint density at radius 3 is 2.63 bits per heavy atom. The van der Waals surface area contributed by atoms with Crippen molar-refractivity contribution in [1.29, 1.82) is 0 Å². The fourth-order valence-corrected chi connectivity index (χ4v) is 1.87. The zero-order valence-electron chi connectivity index (χ0n) is 10.7. The standard InChI is InChI=1S/C13H15F2NO3/c1-16(8-6-7-8)12(17)9-4-3-5-10(18-2)11(9)19-13(14)15/h3-5,8,13H,6-7H2,1-2H3. The van der Waals surface area contributed by atoms with E-state index < -0.39 is 6.61 Å². The third-order valence-electron chi connectivity index (χ3n) is 3.05. The molecule has 4 nitrogen and oxygen atoms in total. The van der Waals surface area contributed by atoms with Gasteiger partial charge in [-0.2, -0.15) is 8.78 Å². The van der Waals surface area contributed by atoms with E-state index in [0.29, 0.717) is 0 Å². The van der Waals surface area contributed by atoms with E-state index in [1.54, 1.807) is 18.0 Å². The minimum atomic E-state index is -3.01. The molecule has 1 aromatic rings. The van der Waals surface area contributed by atoms with E-state index in [9.17, 15) is 13.6 Å². The van der Waals surface area contributed by atoms with Crippen molar-refractivity contribution >= 4 is 5.91 Å². The Balaban J connectivity index is 2.34. The first-order chi connectivity index (χ1) is 9.04. The van der Waals surface area contributed by atoms with Gasteiger partial charge in [0.05, 0.1) is 12.7 Å². The van der Waals surface area contributed by atoms with Crippen molar-refractivity contribution in [3.05, 3.63) is 23.8 Å². The molecule has 1 saturated carbocycles. The second kappa shape index (κ2) is 5.42. The predicted molar refractivity (Wildman–Crippen MR) is 64.7 cm³/mol. The molecule has 0 bridgehead atoms. The maximum absolute atomic E-state index is 12.4. The second-order valence-electron chi connectivity index (χ2n) is 4.36. The summed E-state index contributed by atoms with van der Waals surface area (Å²) in [6.45, 7) is -3.01. The number of amides is 1. The molecule has 104 valence electrons. The Bertz CT molecular complexity index is 475. The fraction of sp³-hybridized carbons (Fsp3) is 0.462. The molecule has 0 radical (unpaired) electrons. The van der Waals surface area contributed by atoms with Crippen molar-refractivity contribution < 1.29 is 23.0 Å². The van der Waals surface area contributed by atoms with E-state index in [1.807, 2.05) is 0 Å². The third-order valence-corrected chi connectivity index (χ3v) is 3.05. The number of halogens is 2. The van der Waals surface area contributed by atoms with E-state index in [0.717, 1.165) is 12.8 Å². The normalized spacial score (nSPS) is 14.4. The summed E-state index contributed by atoms with van der Waals surface area (Å²) in [5.74, 6) is -0.426. The van der Waals surface area contributed by atoms with Crippen LogP contribution in [0, 0.1) is 0 Å². The number of hydrogen-bond acceptors (Lipinski definition) is 3. The summed E-state index contributed by atoms with van der Waals surface area (Å²) < 4.78 is 34.3. The minimum Gasteiger partial charge on any atom is -0.493 e. The van der Waals surface area contributed by atoms with Gasteiger partial charge in [0.2, 0.25) is 0 Å². The smallest absolute Gasteiger partial charge is 0.387 e. The number of para-hydroxylation sites is 1. The molecule has 0 aliphatic heterocycles. The molecular weight excluding hydrogens is 256 g/mol. The molecule has 19 heavy (non-hydrogen) atoms. The largest absolute Gasteiger partial charge is 0.493 e. The van der Waals surface area contributed by atoms with Crippen LogP contribution in [0.2, 0.25) is 0 Å². The average Bonchev–Trinajstić information content (AvgIpc) is 3.21. The van der Waals surface area contributed by atoms with E-state index in [4.69, 9.17) is 4.74 Å². The highest BCUT2D eigenvalue weighted by molar-refractivity contribution is 5.98. The number of rotatable bonds is 5. The Kier molecular flexibility index (Phi) is 3.87. The number of hydrogen-bond donors (Lipinski definition) is 0. The van der Waals surface area contributed by atoms with Gasteiger partial charge in [-0.3, -0.25) is 4.79 Å². The average molecular weight is 271 g/mol. The van der Waals surface area contributed by atoms with Gasteiger partial charge in [0.15, 0.2) is 11.5 Å². The van der Waals surface area contributed by atoms with Crippen LogP contribution in [0.5, 0.6) is 11.5 Å². The number of carbonyl (C=O) groups is 1. The highest BCUT2D eigenvalue weighted by atomic mass is 19.3. The Morgan fingerprint density at radius 2 is 2.11 bits per heavy atom. The van der Waals surface area contributed by atoms with Crippen molar-refractivity contribution in [3.8, 4) is 11.5 Å². The molecule has 0 saturated heterocycles. The van der Waals surface area contributed by atoms with Gasteiger partial charge >= 0.3 is 6.61 Å². The topological polar surface area (TPSA) is 38.8 Å². The van der Waals surface area contributed by atoms with Crippen molar-refractivity contribution in [2.75, 3.05) is 14.2 Å². The maximum Gasteiger partial charge on any atom is 0.387 e. The number of methoxy groups -OCH3 is 1. The summed E-state index contributed by atoms with van der Waals surface area (Å²) in [7, 11) is 3.00. The molecular formula is C13H15F2NO3. The minimum absolute atomic E-state index is 0.0917. The second-order valence-corrected chi connectivity index (χ2v) is 4.36. The third kappa shape index (κ3) is 2.94. The van der Waals surface area contributed by atoms with Gasteiger partial charge in [-0.15, -0.1) is 0 Å². The van der Waals surface area contributed by atoms with Crippen molar-refractivity contribution in [1.82, 2.24) is 4.90 Å². The van der Waals surface area contributed by atoms with Crippen LogP contribution in [0.3, 0.4) is 0 Å². The van der Waals surface area contributed by atoms with Gasteiger partial charge < -0.3 is 14.4 Å². The van der Waals surface area contributed by atoms with Crippen LogP contribution in [-0.2, 0) is 0 Å². The summed E-state index contributed by atoms with van der Waals surface area (Å²) in [5.41, 5.74) is 0.0917. The van der Waals surface area contributed by atoms with Crippen LogP contribution in [-0.4, -0.2) is 37.6 Å². The molecule has 1 aliphatic rings. The van der Waals surface area contributed by atoms with Crippen molar-refractivity contribution in [2.45, 2.75) is 25.5 Å². The number of nitrogens with zero attached hydrogens (tertiary/aromatic N) is 1. The van der Waals surface area contributed by atoms with Crippen LogP contribution in [0.15, 0.2) is 18.2 Å². The van der Waals surface area contributed by atoms with Crippen LogP contribution in [0.25, 0.3) is 0 Å². The number of benzene rings is 1. The van der Waals surface area contributed by atoms with Crippen LogP contribution in [0.1, 0.15) is 23.2 Å². The first-order valence-corrected chi connectivity index (χ1v) is 5.93. The molecule has 0 heterocycles. The Morgan fingerprint density at radius 1 is 1.42 bits per heavy atom. The SMILES string of the molecule is COc1cccc(C(=O)N(C)C2CC2)c1OC(F)F. The summed E-state index contributed by atoms with van der Waals surface area (Å²) in [4.78, 5) is 13.8. The van der Waals surface area contributed by atoms with Crippen LogP contribution >= 0.6 is 0 Å². The quantitative estimate of drug-likeness (QED) is 0.826. The van der Waals surface area contributed by atoms with Gasteiger partial charge in [0.1, 0.15) is 0 Å². The molecule has 0 unspecified atom stereocenters. The lowest BCUT2D eigenvalue weighted by Gasteiger charge is -2.19. The molecule has 1 aliphatic carbocycles. The van der Waals surface area contributed by atoms with E-state index in [2.05, 4.69) is 4.74 Å². The number of carbonyl (C=O) groups excluding carboxylic acids is 1. The van der Waals surface area contributed by atoms with Gasteiger partial charge in [0.25, 0.3) is 5.91 Å². The van der Waals surface area contributed by atoms with Crippen LogP contribution in [0.4, 0.5) is 8.78 Å². The Labute approximate surface area is 109 Å². The lowest BCUT2D eigenvalue weighted by atomic mass is 10.1. The zero-order valence-corrected chi connectivity index (χ0v) is 10.7. The monoisotopic (exact) mass is 271 g/mol. The molecule has 1 aromatic carbocycles. The summed E-state index contributed by atoms with van der Waals surface area (Å²) >= 11 is 0. The highest BCUT2D eigenvalue weighted by Gasteiger charge is 2.32. The zero-order chi connectivity index (χ0) is 14.0. The summed E-state index contributed by atoms with van der Waals surface area (Å²) in [6.07, 6.45) is 1.88. The first kappa shape index (κ1) is 13.6. The molecule has 2 rings (SSSR count). The molecule has 1 amide bonds. The molecule has 6 heteroatoms. The van der Waals surface area contributed by atoms with Gasteiger partial charge in [0, 0.05) is 13.1 Å². The van der Waals surface area contributed by atoms with Crippen molar-refractivity contribution in [3.63, 3.8) is 0 Å². The predicted octanol–water partition coefficient (Wildman–Crippen LogP) is 2.53. The molecule has 0 atom stereocenters. The van der Waals surface area contributed by atoms with E-state index in [1.165, 1.54) is 19.2 Å². The van der Waals surface area contributed by atoms with Gasteiger partial charge in [-0.25, -0.2) is 0 Å². The van der Waals surface area contributed by atoms with Crippen LogP contribution < -0.4 is 9.47 Å². The first-order valence-electron chi connectivity index (χ1n) is 5.93. The number of alkyl halides is 2. The maximum atomic E-state index is 12.4. The van der Waals surface area contributed by atoms with Crippen molar-refractivity contribution in [2.24, 2.45) is 0 Å². The summed E-state index contributed by atoms with van der Waals surface area (Å²) in [5, 5.41) is 0. The molecule has 0 N–H and O–H groups in total. The van der Waals surface area contributed by atoms with E-state index >= 15 is 0 Å². The number of ether oxygens (including phenoxy) is 2. The Hall–Kier alpha value is -1.85. The lowest BCUT2D eigenvalue weighted by Crippen LogP contribution is -2.29. The molecule has 1 fully saturated rings. The van der Waals surface area contributed by atoms with Gasteiger partial charge in [-0.05, 0) is 25.0 Å². The fourth-order valence-electron chi connectivity index (χ4n) is 1.87. The van der Waals surface area contributed by atoms with Gasteiger partial charge in [-0.1, -0.05) is 6.07 Å². The molecule has 0 aromatic heterocycles.